The molecule has 0 unspecified atom stereocenters. The molecule has 5 rings (SSSR count). The van der Waals surface area contributed by atoms with Crippen molar-refractivity contribution in [1.82, 2.24) is 19.7 Å². The molecule has 0 bridgehead atoms. The topological polar surface area (TPSA) is 65.0 Å². The fourth-order valence-electron chi connectivity index (χ4n) is 3.83. The number of nitrogens with one attached hydrogen (secondary N) is 1. The van der Waals surface area contributed by atoms with Crippen LogP contribution in [0.4, 0.5) is 0 Å². The molecule has 0 aliphatic heterocycles. The van der Waals surface area contributed by atoms with E-state index in [1.165, 1.54) is 5.39 Å². The van der Waals surface area contributed by atoms with E-state index in [0.29, 0.717) is 6.61 Å². The summed E-state index contributed by atoms with van der Waals surface area (Å²) in [6.07, 6.45) is 11.9. The summed E-state index contributed by atoms with van der Waals surface area (Å²) in [4.78, 5) is 7.53. The first-order valence-corrected chi connectivity index (χ1v) is 11.4. The monoisotopic (exact) mass is 462 g/mol. The maximum Gasteiger partial charge on any atom is 0.130 e. The van der Waals surface area contributed by atoms with Gasteiger partial charge in [-0.15, -0.1) is 0 Å². The number of pyridine rings is 1. The summed E-state index contributed by atoms with van der Waals surface area (Å²) in [6.45, 7) is 0.406. The molecule has 5 aromatic rings. The number of benzene rings is 2. The number of ether oxygens (including phenoxy) is 2. The molecule has 0 spiro atoms. The van der Waals surface area contributed by atoms with Gasteiger partial charge in [-0.05, 0) is 71.6 Å². The Morgan fingerprint density at radius 1 is 0.943 bits per heavy atom. The zero-order valence-electron chi connectivity index (χ0n) is 19.7. The van der Waals surface area contributed by atoms with E-state index in [0.717, 1.165) is 45.2 Å². The maximum atomic E-state index is 5.87. The molecule has 1 N–H and O–H groups in total. The second-order valence-corrected chi connectivity index (χ2v) is 8.12. The van der Waals surface area contributed by atoms with Crippen LogP contribution in [0.1, 0.15) is 28.2 Å². The number of aromatic amines is 1. The average Bonchev–Trinajstić information content (AvgIpc) is 3.51. The normalized spacial score (nSPS) is 11.6. The van der Waals surface area contributed by atoms with Crippen molar-refractivity contribution in [2.45, 2.75) is 6.61 Å². The molecular formula is C29H26N4O2. The SMILES string of the molecule is COc1cc(OCc2ccccn2)ccc1/C=C/c1cc(/C=C/c2ccc3cc[nH]c3c2)nn1C. The molecule has 0 fully saturated rings. The van der Waals surface area contributed by atoms with Gasteiger partial charge in [0.2, 0.25) is 0 Å². The van der Waals surface area contributed by atoms with Crippen LogP contribution >= 0.6 is 0 Å². The number of H-pyrrole nitrogens is 1. The second kappa shape index (κ2) is 10.1. The van der Waals surface area contributed by atoms with E-state index >= 15 is 0 Å². The molecule has 0 radical (unpaired) electrons. The summed E-state index contributed by atoms with van der Waals surface area (Å²) in [7, 11) is 3.60. The van der Waals surface area contributed by atoms with E-state index in [9.17, 15) is 0 Å². The van der Waals surface area contributed by atoms with Gasteiger partial charge in [0, 0.05) is 36.6 Å². The van der Waals surface area contributed by atoms with E-state index in [4.69, 9.17) is 9.47 Å². The Hall–Kier alpha value is -4.58. The van der Waals surface area contributed by atoms with Crippen LogP contribution in [-0.4, -0.2) is 26.9 Å². The molecule has 6 heteroatoms. The lowest BCUT2D eigenvalue weighted by molar-refractivity contribution is 0.299. The lowest BCUT2D eigenvalue weighted by atomic mass is 10.1. The molecule has 6 nitrogen and oxygen atoms in total. The van der Waals surface area contributed by atoms with Gasteiger partial charge < -0.3 is 14.5 Å². The quantitative estimate of drug-likeness (QED) is 0.297. The highest BCUT2D eigenvalue weighted by Gasteiger charge is 2.05. The Morgan fingerprint density at radius 3 is 2.74 bits per heavy atom. The van der Waals surface area contributed by atoms with E-state index in [-0.39, 0.29) is 0 Å². The predicted molar refractivity (Wildman–Crippen MR) is 141 cm³/mol. The molecular weight excluding hydrogens is 436 g/mol. The minimum Gasteiger partial charge on any atom is -0.496 e. The Kier molecular flexibility index (Phi) is 6.44. The molecule has 0 saturated heterocycles. The lowest BCUT2D eigenvalue weighted by Gasteiger charge is -2.10. The third kappa shape index (κ3) is 5.33. The summed E-state index contributed by atoms with van der Waals surface area (Å²) < 4.78 is 13.3. The number of fused-ring (bicyclic) bond motifs is 1. The minimum absolute atomic E-state index is 0.406. The van der Waals surface area contributed by atoms with Gasteiger partial charge in [0.25, 0.3) is 0 Å². The summed E-state index contributed by atoms with van der Waals surface area (Å²) >= 11 is 0. The highest BCUT2D eigenvalue weighted by molar-refractivity contribution is 5.83. The van der Waals surface area contributed by atoms with Gasteiger partial charge in [0.05, 0.1) is 24.2 Å². The largest absolute Gasteiger partial charge is 0.496 e. The summed E-state index contributed by atoms with van der Waals surface area (Å²) in [6, 6.07) is 22.0. The van der Waals surface area contributed by atoms with Gasteiger partial charge in [-0.3, -0.25) is 9.67 Å². The van der Waals surface area contributed by atoms with Crippen LogP contribution in [0.25, 0.3) is 35.2 Å². The molecule has 0 saturated carbocycles. The number of hydrogen-bond donors (Lipinski definition) is 1. The van der Waals surface area contributed by atoms with E-state index < -0.39 is 0 Å². The van der Waals surface area contributed by atoms with Gasteiger partial charge >= 0.3 is 0 Å². The van der Waals surface area contributed by atoms with E-state index in [1.807, 2.05) is 72.6 Å². The minimum atomic E-state index is 0.406. The van der Waals surface area contributed by atoms with Crippen molar-refractivity contribution in [3.63, 3.8) is 0 Å². The van der Waals surface area contributed by atoms with E-state index in [1.54, 1.807) is 13.3 Å². The number of methoxy groups -OCH3 is 1. The van der Waals surface area contributed by atoms with Gasteiger partial charge in [-0.1, -0.05) is 24.3 Å². The number of aromatic nitrogens is 4. The van der Waals surface area contributed by atoms with Gasteiger partial charge in [0.1, 0.15) is 18.1 Å². The summed E-state index contributed by atoms with van der Waals surface area (Å²) in [5.74, 6) is 1.47. The molecule has 35 heavy (non-hydrogen) atoms. The highest BCUT2D eigenvalue weighted by atomic mass is 16.5. The third-order valence-corrected chi connectivity index (χ3v) is 5.71. The van der Waals surface area contributed by atoms with Crippen LogP contribution in [0.3, 0.4) is 0 Å². The van der Waals surface area contributed by atoms with Crippen molar-refractivity contribution < 1.29 is 9.47 Å². The summed E-state index contributed by atoms with van der Waals surface area (Å²) in [5, 5.41) is 5.82. The van der Waals surface area contributed by atoms with Crippen molar-refractivity contribution in [2.24, 2.45) is 7.05 Å². The van der Waals surface area contributed by atoms with Crippen LogP contribution in [0, 0.1) is 0 Å². The Morgan fingerprint density at radius 2 is 1.89 bits per heavy atom. The van der Waals surface area contributed by atoms with Gasteiger partial charge in [0.15, 0.2) is 0 Å². The first-order valence-electron chi connectivity index (χ1n) is 11.4. The number of hydrogen-bond acceptors (Lipinski definition) is 4. The van der Waals surface area contributed by atoms with Crippen LogP contribution in [-0.2, 0) is 13.7 Å². The maximum absolute atomic E-state index is 5.87. The second-order valence-electron chi connectivity index (χ2n) is 8.12. The molecule has 0 amide bonds. The Labute approximate surface area is 204 Å². The fraction of sp³-hybridized carbons (Fsp3) is 0.103. The molecule has 0 atom stereocenters. The fourth-order valence-corrected chi connectivity index (χ4v) is 3.83. The smallest absolute Gasteiger partial charge is 0.130 e. The zero-order valence-corrected chi connectivity index (χ0v) is 19.7. The van der Waals surface area contributed by atoms with Gasteiger partial charge in [-0.2, -0.15) is 5.10 Å². The highest BCUT2D eigenvalue weighted by Crippen LogP contribution is 2.27. The van der Waals surface area contributed by atoms with Crippen LogP contribution in [0.15, 0.2) is 79.1 Å². The van der Waals surface area contributed by atoms with Gasteiger partial charge in [-0.25, -0.2) is 0 Å². The van der Waals surface area contributed by atoms with Crippen molar-refractivity contribution in [2.75, 3.05) is 7.11 Å². The van der Waals surface area contributed by atoms with Crippen molar-refractivity contribution in [1.29, 1.82) is 0 Å². The van der Waals surface area contributed by atoms with Crippen molar-refractivity contribution >= 4 is 35.2 Å². The third-order valence-electron chi connectivity index (χ3n) is 5.71. The molecule has 0 aliphatic carbocycles. The molecule has 2 aromatic carbocycles. The van der Waals surface area contributed by atoms with Crippen LogP contribution in [0.5, 0.6) is 11.5 Å². The number of aryl methyl sites for hydroxylation is 1. The zero-order chi connectivity index (χ0) is 24.0. The molecule has 3 aromatic heterocycles. The van der Waals surface area contributed by atoms with Crippen LogP contribution in [0.2, 0.25) is 0 Å². The summed E-state index contributed by atoms with van der Waals surface area (Å²) in [5.41, 5.74) is 5.96. The number of rotatable bonds is 8. The van der Waals surface area contributed by atoms with Crippen molar-refractivity contribution in [3.05, 3.63) is 107 Å². The van der Waals surface area contributed by atoms with E-state index in [2.05, 4.69) is 51.5 Å². The molecule has 174 valence electrons. The Bertz CT molecular complexity index is 1500. The number of nitrogens with zero attached hydrogens (tertiary/aromatic N) is 3. The standard InChI is InChI=1S/C29H26N4O2/c1-33-26(18-24(32-33)11-7-21-6-8-22-14-16-31-28(22)17-21)12-9-23-10-13-27(19-29(23)34-2)35-20-25-5-3-4-15-30-25/h3-19,31H,20H2,1-2H3/b11-7+,12-9+. The van der Waals surface area contributed by atoms with Crippen LogP contribution < -0.4 is 9.47 Å². The first-order chi connectivity index (χ1) is 17.2. The van der Waals surface area contributed by atoms with Crippen molar-refractivity contribution in [3.8, 4) is 11.5 Å². The average molecular weight is 463 g/mol. The first kappa shape index (κ1) is 22.2. The lowest BCUT2D eigenvalue weighted by Crippen LogP contribution is -1.98. The Balaban J connectivity index is 1.28. The molecule has 3 heterocycles. The molecule has 0 aliphatic rings. The predicted octanol–water partition coefficient (Wildman–Crippen LogP) is 6.22.